The Balaban J connectivity index is 2.72. The molecule has 0 atom stereocenters. The van der Waals surface area contributed by atoms with Gasteiger partial charge in [-0.25, -0.2) is 14.6 Å². The number of carbonyl (C=O) groups is 2. The molecule has 0 saturated carbocycles. The fourth-order valence-corrected chi connectivity index (χ4v) is 2.52. The zero-order valence-electron chi connectivity index (χ0n) is 13.4. The maximum atomic E-state index is 12.4. The molecule has 2 N–H and O–H groups in total. The van der Waals surface area contributed by atoms with Crippen LogP contribution in [-0.2, 0) is 9.47 Å². The number of anilines is 1. The summed E-state index contributed by atoms with van der Waals surface area (Å²) < 4.78 is 10.0. The number of benzene rings is 1. The van der Waals surface area contributed by atoms with Crippen LogP contribution in [0.2, 0.25) is 0 Å². The molecule has 0 fully saturated rings. The molecule has 0 unspecified atom stereocenters. The molecule has 7 heteroatoms. The van der Waals surface area contributed by atoms with Crippen molar-refractivity contribution in [3.63, 3.8) is 0 Å². The third kappa shape index (κ3) is 3.51. The van der Waals surface area contributed by atoms with Crippen molar-refractivity contribution in [1.29, 1.82) is 0 Å². The van der Waals surface area contributed by atoms with Gasteiger partial charge >= 0.3 is 11.9 Å². The molecule has 1 aromatic heterocycles. The monoisotopic (exact) mass is 346 g/mol. The smallest absolute Gasteiger partial charge is 0.341 e. The summed E-state index contributed by atoms with van der Waals surface area (Å²) in [6.07, 6.45) is 0. The van der Waals surface area contributed by atoms with E-state index in [0.29, 0.717) is 11.3 Å². The molecule has 0 aliphatic carbocycles. The van der Waals surface area contributed by atoms with E-state index in [2.05, 4.69) is 17.6 Å². The highest BCUT2D eigenvalue weighted by Gasteiger charge is 2.28. The molecule has 0 spiro atoms. The second-order valence-electron chi connectivity index (χ2n) is 4.75. The molecule has 0 aliphatic heterocycles. The topological polar surface area (TPSA) is 91.5 Å². The predicted octanol–water partition coefficient (Wildman–Crippen LogP) is 2.97. The van der Waals surface area contributed by atoms with E-state index in [1.807, 2.05) is 18.2 Å². The summed E-state index contributed by atoms with van der Waals surface area (Å²) in [5.74, 6) is -1.43. The van der Waals surface area contributed by atoms with Gasteiger partial charge in [0.1, 0.15) is 16.2 Å². The highest BCUT2D eigenvalue weighted by atomic mass is 32.1. The molecule has 2 rings (SSSR count). The van der Waals surface area contributed by atoms with Gasteiger partial charge in [-0.2, -0.15) is 0 Å². The van der Waals surface area contributed by atoms with Gasteiger partial charge in [-0.15, -0.1) is 12.6 Å². The summed E-state index contributed by atoms with van der Waals surface area (Å²) in [5.41, 5.74) is 7.10. The van der Waals surface area contributed by atoms with Crippen molar-refractivity contribution in [1.82, 2.24) is 4.98 Å². The van der Waals surface area contributed by atoms with Crippen LogP contribution >= 0.6 is 12.6 Å². The average molecular weight is 346 g/mol. The largest absolute Gasteiger partial charge is 0.462 e. The zero-order valence-corrected chi connectivity index (χ0v) is 14.3. The van der Waals surface area contributed by atoms with Crippen LogP contribution in [0.3, 0.4) is 0 Å². The lowest BCUT2D eigenvalue weighted by molar-refractivity contribution is 0.0475. The number of hydrogen-bond acceptors (Lipinski definition) is 7. The minimum atomic E-state index is -0.718. The van der Waals surface area contributed by atoms with Crippen LogP contribution in [0.5, 0.6) is 0 Å². The molecule has 24 heavy (non-hydrogen) atoms. The summed E-state index contributed by atoms with van der Waals surface area (Å²) in [6.45, 7) is 3.62. The molecule has 1 heterocycles. The normalized spacial score (nSPS) is 10.3. The predicted molar refractivity (Wildman–Crippen MR) is 93.3 cm³/mol. The molecular formula is C17H18N2O4S. The second kappa shape index (κ2) is 7.83. The van der Waals surface area contributed by atoms with Crippen LogP contribution in [0.4, 0.5) is 5.69 Å². The number of carbonyl (C=O) groups excluding carboxylic acids is 2. The van der Waals surface area contributed by atoms with E-state index in [1.165, 1.54) is 0 Å². The highest BCUT2D eigenvalue weighted by molar-refractivity contribution is 7.80. The number of aromatic nitrogens is 1. The third-order valence-corrected chi connectivity index (χ3v) is 3.55. The van der Waals surface area contributed by atoms with Gasteiger partial charge in [0, 0.05) is 5.56 Å². The molecule has 0 saturated heterocycles. The van der Waals surface area contributed by atoms with Crippen molar-refractivity contribution in [2.24, 2.45) is 0 Å². The number of ether oxygens (including phenoxy) is 2. The lowest BCUT2D eigenvalue weighted by Gasteiger charge is -2.15. The summed E-state index contributed by atoms with van der Waals surface area (Å²) in [4.78, 5) is 28.9. The van der Waals surface area contributed by atoms with Gasteiger partial charge in [0.15, 0.2) is 0 Å². The summed E-state index contributed by atoms with van der Waals surface area (Å²) in [5, 5.41) is 0.0598. The van der Waals surface area contributed by atoms with Crippen LogP contribution in [0.1, 0.15) is 34.6 Å². The molecular weight excluding hydrogens is 328 g/mol. The van der Waals surface area contributed by atoms with E-state index in [-0.39, 0.29) is 35.1 Å². The van der Waals surface area contributed by atoms with Gasteiger partial charge in [0.2, 0.25) is 0 Å². The molecule has 6 nitrogen and oxygen atoms in total. The number of thiol groups is 1. The van der Waals surface area contributed by atoms with Gasteiger partial charge in [0.05, 0.1) is 24.6 Å². The number of nitrogen functional groups attached to an aromatic ring is 1. The molecule has 0 radical (unpaired) electrons. The SMILES string of the molecule is CCOC(=O)c1c(S)nc(-c2ccccc2)c(N)c1C(=O)OCC. The van der Waals surface area contributed by atoms with E-state index >= 15 is 0 Å². The Morgan fingerprint density at radius 1 is 1.04 bits per heavy atom. The molecule has 0 amide bonds. The Morgan fingerprint density at radius 2 is 1.58 bits per heavy atom. The average Bonchev–Trinajstić information content (AvgIpc) is 2.57. The van der Waals surface area contributed by atoms with E-state index in [1.54, 1.807) is 26.0 Å². The van der Waals surface area contributed by atoms with Gasteiger partial charge in [-0.3, -0.25) is 0 Å². The van der Waals surface area contributed by atoms with Crippen molar-refractivity contribution in [3.05, 3.63) is 41.5 Å². The third-order valence-electron chi connectivity index (χ3n) is 3.22. The van der Waals surface area contributed by atoms with Crippen molar-refractivity contribution >= 4 is 30.3 Å². The van der Waals surface area contributed by atoms with Gasteiger partial charge in [0.25, 0.3) is 0 Å². The first-order valence-electron chi connectivity index (χ1n) is 7.43. The second-order valence-corrected chi connectivity index (χ2v) is 5.18. The molecule has 126 valence electrons. The van der Waals surface area contributed by atoms with Crippen LogP contribution in [0, 0.1) is 0 Å². The first kappa shape index (κ1) is 17.8. The standard InChI is InChI=1S/C17H18N2O4S/c1-3-22-16(20)11-12(17(21)23-4-2)15(24)19-14(13(11)18)10-8-6-5-7-9-10/h5-9H,3-4,18H2,1-2H3,(H,19,24). The van der Waals surface area contributed by atoms with Gasteiger partial charge in [-0.05, 0) is 13.8 Å². The fraction of sp³-hybridized carbons (Fsp3) is 0.235. The van der Waals surface area contributed by atoms with E-state index in [9.17, 15) is 9.59 Å². The van der Waals surface area contributed by atoms with Crippen molar-refractivity contribution in [2.45, 2.75) is 18.9 Å². The van der Waals surface area contributed by atoms with E-state index < -0.39 is 11.9 Å². The quantitative estimate of drug-likeness (QED) is 0.639. The number of esters is 2. The lowest BCUT2D eigenvalue weighted by atomic mass is 10.0. The van der Waals surface area contributed by atoms with Crippen LogP contribution in [-0.4, -0.2) is 30.1 Å². The molecule has 1 aromatic carbocycles. The van der Waals surface area contributed by atoms with Crippen LogP contribution in [0.15, 0.2) is 35.4 Å². The molecule has 2 aromatic rings. The van der Waals surface area contributed by atoms with Crippen LogP contribution < -0.4 is 5.73 Å². The van der Waals surface area contributed by atoms with Crippen LogP contribution in [0.25, 0.3) is 11.3 Å². The van der Waals surface area contributed by atoms with E-state index in [0.717, 1.165) is 0 Å². The maximum absolute atomic E-state index is 12.4. The number of rotatable bonds is 5. The lowest BCUT2D eigenvalue weighted by Crippen LogP contribution is -2.19. The van der Waals surface area contributed by atoms with Gasteiger partial charge in [-0.1, -0.05) is 30.3 Å². The van der Waals surface area contributed by atoms with Crippen molar-refractivity contribution in [3.8, 4) is 11.3 Å². The number of nitrogens with zero attached hydrogens (tertiary/aromatic N) is 1. The number of hydrogen-bond donors (Lipinski definition) is 2. The Kier molecular flexibility index (Phi) is 5.81. The Labute approximate surface area is 145 Å². The highest BCUT2D eigenvalue weighted by Crippen LogP contribution is 2.33. The minimum absolute atomic E-state index is 0.0560. The Bertz CT molecular complexity index is 763. The zero-order chi connectivity index (χ0) is 17.7. The summed E-state index contributed by atoms with van der Waals surface area (Å²) in [7, 11) is 0. The number of pyridine rings is 1. The maximum Gasteiger partial charge on any atom is 0.341 e. The first-order chi connectivity index (χ1) is 11.5. The fourth-order valence-electron chi connectivity index (χ4n) is 2.21. The molecule has 0 aliphatic rings. The van der Waals surface area contributed by atoms with Crippen molar-refractivity contribution in [2.75, 3.05) is 18.9 Å². The van der Waals surface area contributed by atoms with E-state index in [4.69, 9.17) is 15.2 Å². The van der Waals surface area contributed by atoms with Gasteiger partial charge < -0.3 is 15.2 Å². The first-order valence-corrected chi connectivity index (χ1v) is 7.88. The summed E-state index contributed by atoms with van der Waals surface area (Å²) >= 11 is 4.25. The summed E-state index contributed by atoms with van der Waals surface area (Å²) in [6, 6.07) is 9.08. The number of nitrogens with two attached hydrogens (primary N) is 1. The Morgan fingerprint density at radius 3 is 2.12 bits per heavy atom. The minimum Gasteiger partial charge on any atom is -0.462 e. The molecule has 0 bridgehead atoms. The van der Waals surface area contributed by atoms with Crippen molar-refractivity contribution < 1.29 is 19.1 Å². The Hall–Kier alpha value is -2.54.